The van der Waals surface area contributed by atoms with Crippen LogP contribution in [0.15, 0.2) is 36.4 Å². The van der Waals surface area contributed by atoms with Crippen LogP contribution < -0.4 is 14.4 Å². The van der Waals surface area contributed by atoms with Crippen molar-refractivity contribution >= 4 is 33.2 Å². The van der Waals surface area contributed by atoms with Crippen molar-refractivity contribution in [1.29, 1.82) is 0 Å². The molecule has 0 saturated heterocycles. The summed E-state index contributed by atoms with van der Waals surface area (Å²) in [7, 11) is -2.35. The molecule has 174 valence electrons. The van der Waals surface area contributed by atoms with E-state index < -0.39 is 16.1 Å². The number of hydrogen-bond acceptors (Lipinski definition) is 4. The second-order valence-electron chi connectivity index (χ2n) is 8.26. The van der Waals surface area contributed by atoms with Gasteiger partial charge in [-0.25, -0.2) is 8.42 Å². The molecule has 0 fully saturated rings. The third kappa shape index (κ3) is 5.38. The van der Waals surface area contributed by atoms with Gasteiger partial charge >= 0.3 is 0 Å². The summed E-state index contributed by atoms with van der Waals surface area (Å²) in [5.41, 5.74) is 3.97. The Morgan fingerprint density at radius 2 is 1.84 bits per heavy atom. The summed E-state index contributed by atoms with van der Waals surface area (Å²) >= 11 is 6.14. The molecular weight excluding hydrogens is 448 g/mol. The first-order chi connectivity index (χ1) is 15.2. The molecule has 6 nitrogen and oxygen atoms in total. The average Bonchev–Trinajstić information content (AvgIpc) is 2.75. The van der Waals surface area contributed by atoms with Crippen LogP contribution in [-0.2, 0) is 27.7 Å². The molecule has 0 aromatic heterocycles. The Balaban J connectivity index is 1.89. The number of carbonyl (C=O) groups excluding carboxylic acids is 1. The van der Waals surface area contributed by atoms with Crippen molar-refractivity contribution in [3.8, 4) is 5.75 Å². The van der Waals surface area contributed by atoms with Crippen molar-refractivity contribution in [3.05, 3.63) is 58.1 Å². The molecule has 1 aliphatic rings. The summed E-state index contributed by atoms with van der Waals surface area (Å²) < 4.78 is 32.0. The molecular formula is C24H31ClN2O4S. The standard InChI is InChI=1S/C24H31ClN2O4S/c1-5-21(27(32(4,29)30)22-15-20(25)12-13-23(22)31-3)24(28)26-16(2)18-11-10-17-8-6-7-9-19(17)14-18/h10-16,21H,5-9H2,1-4H3,(H,26,28). The lowest BCUT2D eigenvalue weighted by Gasteiger charge is -2.32. The van der Waals surface area contributed by atoms with Crippen LogP contribution in [0, 0.1) is 0 Å². The molecule has 1 N–H and O–H groups in total. The van der Waals surface area contributed by atoms with Gasteiger partial charge in [-0.2, -0.15) is 0 Å². The first-order valence-corrected chi connectivity index (χ1v) is 13.1. The fourth-order valence-corrected chi connectivity index (χ4v) is 5.66. The zero-order valence-corrected chi connectivity index (χ0v) is 20.6. The van der Waals surface area contributed by atoms with Gasteiger partial charge in [0, 0.05) is 5.02 Å². The lowest BCUT2D eigenvalue weighted by Crippen LogP contribution is -2.49. The van der Waals surface area contributed by atoms with E-state index in [9.17, 15) is 13.2 Å². The predicted octanol–water partition coefficient (Wildman–Crippen LogP) is 4.65. The minimum absolute atomic E-state index is 0.242. The second kappa shape index (κ2) is 10.1. The van der Waals surface area contributed by atoms with Gasteiger partial charge in [-0.05, 0) is 73.9 Å². The van der Waals surface area contributed by atoms with Crippen molar-refractivity contribution < 1.29 is 17.9 Å². The molecule has 0 saturated carbocycles. The van der Waals surface area contributed by atoms with E-state index in [2.05, 4.69) is 17.4 Å². The minimum Gasteiger partial charge on any atom is -0.495 e. The van der Waals surface area contributed by atoms with Gasteiger partial charge in [-0.3, -0.25) is 9.10 Å². The maximum atomic E-state index is 13.3. The van der Waals surface area contributed by atoms with E-state index in [1.54, 1.807) is 19.1 Å². The zero-order chi connectivity index (χ0) is 23.5. The lowest BCUT2D eigenvalue weighted by atomic mass is 9.89. The van der Waals surface area contributed by atoms with Crippen LogP contribution in [0.3, 0.4) is 0 Å². The fraction of sp³-hybridized carbons (Fsp3) is 0.458. The molecule has 2 unspecified atom stereocenters. The quantitative estimate of drug-likeness (QED) is 0.599. The number of carbonyl (C=O) groups is 1. The molecule has 1 amide bonds. The van der Waals surface area contributed by atoms with E-state index in [-0.39, 0.29) is 24.1 Å². The number of methoxy groups -OCH3 is 1. The maximum absolute atomic E-state index is 13.3. The number of nitrogens with one attached hydrogen (secondary N) is 1. The highest BCUT2D eigenvalue weighted by molar-refractivity contribution is 7.92. The molecule has 0 aliphatic heterocycles. The maximum Gasteiger partial charge on any atom is 0.244 e. The second-order valence-corrected chi connectivity index (χ2v) is 10.6. The summed E-state index contributed by atoms with van der Waals surface area (Å²) in [6.45, 7) is 3.70. The number of benzene rings is 2. The van der Waals surface area contributed by atoms with Crippen molar-refractivity contribution in [2.75, 3.05) is 17.7 Å². The van der Waals surface area contributed by atoms with Crippen LogP contribution in [0.5, 0.6) is 5.75 Å². The van der Waals surface area contributed by atoms with E-state index in [1.165, 1.54) is 37.1 Å². The highest BCUT2D eigenvalue weighted by Crippen LogP contribution is 2.35. The first kappa shape index (κ1) is 24.4. The zero-order valence-electron chi connectivity index (χ0n) is 19.0. The summed E-state index contributed by atoms with van der Waals surface area (Å²) in [5.74, 6) is -0.0426. The Morgan fingerprint density at radius 3 is 2.47 bits per heavy atom. The molecule has 0 bridgehead atoms. The summed E-state index contributed by atoms with van der Waals surface area (Å²) in [4.78, 5) is 13.3. The van der Waals surface area contributed by atoms with E-state index >= 15 is 0 Å². The van der Waals surface area contributed by atoms with Crippen LogP contribution in [0.2, 0.25) is 5.02 Å². The van der Waals surface area contributed by atoms with Gasteiger partial charge in [-0.1, -0.05) is 36.7 Å². The highest BCUT2D eigenvalue weighted by atomic mass is 35.5. The number of amides is 1. The number of halogens is 1. The molecule has 32 heavy (non-hydrogen) atoms. The lowest BCUT2D eigenvalue weighted by molar-refractivity contribution is -0.122. The molecule has 2 aromatic carbocycles. The molecule has 1 aliphatic carbocycles. The largest absolute Gasteiger partial charge is 0.495 e. The van der Waals surface area contributed by atoms with E-state index in [0.717, 1.165) is 29.0 Å². The van der Waals surface area contributed by atoms with Gasteiger partial charge in [0.25, 0.3) is 0 Å². The van der Waals surface area contributed by atoms with E-state index in [0.29, 0.717) is 10.8 Å². The van der Waals surface area contributed by atoms with Gasteiger partial charge in [0.05, 0.1) is 25.1 Å². The van der Waals surface area contributed by atoms with Crippen molar-refractivity contribution in [3.63, 3.8) is 0 Å². The summed E-state index contributed by atoms with van der Waals surface area (Å²) in [5, 5.41) is 3.36. The van der Waals surface area contributed by atoms with Crippen LogP contribution >= 0.6 is 11.6 Å². The molecule has 0 spiro atoms. The Morgan fingerprint density at radius 1 is 1.16 bits per heavy atom. The number of hydrogen-bond donors (Lipinski definition) is 1. The Bertz CT molecular complexity index is 1090. The van der Waals surface area contributed by atoms with Gasteiger partial charge in [0.1, 0.15) is 11.8 Å². The molecule has 0 radical (unpaired) electrons. The number of anilines is 1. The predicted molar refractivity (Wildman–Crippen MR) is 129 cm³/mol. The summed E-state index contributed by atoms with van der Waals surface area (Å²) in [6.07, 6.45) is 5.91. The van der Waals surface area contributed by atoms with E-state index in [1.807, 2.05) is 13.0 Å². The third-order valence-corrected chi connectivity index (χ3v) is 7.34. The van der Waals surface area contributed by atoms with Gasteiger partial charge in [0.15, 0.2) is 0 Å². The monoisotopic (exact) mass is 478 g/mol. The Labute approximate surface area is 196 Å². The number of sulfonamides is 1. The minimum atomic E-state index is -3.80. The van der Waals surface area contributed by atoms with Gasteiger partial charge in [0.2, 0.25) is 15.9 Å². The number of rotatable bonds is 8. The van der Waals surface area contributed by atoms with Crippen molar-refractivity contribution in [2.45, 2.75) is 58.0 Å². The third-order valence-electron chi connectivity index (χ3n) is 5.94. The van der Waals surface area contributed by atoms with Crippen molar-refractivity contribution in [1.82, 2.24) is 5.32 Å². The van der Waals surface area contributed by atoms with Crippen LogP contribution in [-0.4, -0.2) is 33.7 Å². The number of ether oxygens (including phenoxy) is 1. The number of nitrogens with zero attached hydrogens (tertiary/aromatic N) is 1. The van der Waals surface area contributed by atoms with Gasteiger partial charge < -0.3 is 10.1 Å². The molecule has 3 rings (SSSR count). The molecule has 2 aromatic rings. The first-order valence-electron chi connectivity index (χ1n) is 10.9. The molecule has 8 heteroatoms. The highest BCUT2D eigenvalue weighted by Gasteiger charge is 2.34. The van der Waals surface area contributed by atoms with E-state index in [4.69, 9.17) is 16.3 Å². The van der Waals surface area contributed by atoms with Gasteiger partial charge in [-0.15, -0.1) is 0 Å². The SMILES string of the molecule is CCC(C(=O)NC(C)c1ccc2c(c1)CCCC2)N(c1cc(Cl)ccc1OC)S(C)(=O)=O. The smallest absolute Gasteiger partial charge is 0.244 e. The molecule has 2 atom stereocenters. The topological polar surface area (TPSA) is 75.7 Å². The normalized spacial score (nSPS) is 15.4. The van der Waals surface area contributed by atoms with Crippen LogP contribution in [0.25, 0.3) is 0 Å². The number of fused-ring (bicyclic) bond motifs is 1. The van der Waals surface area contributed by atoms with Crippen molar-refractivity contribution in [2.24, 2.45) is 0 Å². The summed E-state index contributed by atoms with van der Waals surface area (Å²) in [6, 6.07) is 9.86. The van der Waals surface area contributed by atoms with Crippen LogP contribution in [0.1, 0.15) is 55.8 Å². The fourth-order valence-electron chi connectivity index (χ4n) is 4.29. The Hall–Kier alpha value is -2.25. The Kier molecular flexibility index (Phi) is 7.72. The van der Waals surface area contributed by atoms with Crippen LogP contribution in [0.4, 0.5) is 5.69 Å². The number of aryl methyl sites for hydroxylation is 2. The molecule has 0 heterocycles. The average molecular weight is 479 g/mol.